The minimum Gasteiger partial charge on any atom is -0.482 e. The summed E-state index contributed by atoms with van der Waals surface area (Å²) in [5.74, 6) is -0.149. The van der Waals surface area contributed by atoms with Crippen LogP contribution in [0.15, 0.2) is 30.3 Å². The number of hydrogen-bond acceptors (Lipinski definition) is 4. The molecule has 1 aromatic rings. The van der Waals surface area contributed by atoms with Gasteiger partial charge in [0.15, 0.2) is 6.61 Å². The molecule has 0 bridgehead atoms. The molecule has 0 aliphatic heterocycles. The van der Waals surface area contributed by atoms with Gasteiger partial charge in [-0.15, -0.1) is 0 Å². The molecular weight excluding hydrogens is 172 g/mol. The zero-order valence-corrected chi connectivity index (χ0v) is 6.80. The Morgan fingerprint density at radius 2 is 2.00 bits per heavy atom. The molecule has 0 N–H and O–H groups in total. The summed E-state index contributed by atoms with van der Waals surface area (Å²) in [4.78, 5) is 20.4. The molecule has 13 heavy (non-hydrogen) atoms. The second-order valence-electron chi connectivity index (χ2n) is 2.19. The first-order valence-electron chi connectivity index (χ1n) is 3.64. The smallest absolute Gasteiger partial charge is 0.351 e. The summed E-state index contributed by atoms with van der Waals surface area (Å²) >= 11 is 0. The Balaban J connectivity index is 2.35. The zero-order chi connectivity index (χ0) is 9.52. The molecule has 1 aromatic carbocycles. The van der Waals surface area contributed by atoms with Crippen LogP contribution < -0.4 is 4.74 Å². The maximum atomic E-state index is 10.6. The Labute approximate surface area is 75.1 Å². The molecular formula is C9H8O4. The Kier molecular flexibility index (Phi) is 3.50. The standard InChI is InChI=1S/C9H8O4/c10-7-13-9(11)6-12-8-4-2-1-3-5-8/h1-5,7H,6H2. The molecule has 68 valence electrons. The van der Waals surface area contributed by atoms with Gasteiger partial charge in [-0.3, -0.25) is 4.79 Å². The summed E-state index contributed by atoms with van der Waals surface area (Å²) in [6, 6.07) is 8.79. The highest BCUT2D eigenvalue weighted by molar-refractivity contribution is 5.77. The molecule has 0 atom stereocenters. The first-order valence-corrected chi connectivity index (χ1v) is 3.64. The molecule has 0 saturated carbocycles. The fraction of sp³-hybridized carbons (Fsp3) is 0.111. The van der Waals surface area contributed by atoms with Crippen LogP contribution in [0.3, 0.4) is 0 Å². The van der Waals surface area contributed by atoms with Gasteiger partial charge in [-0.2, -0.15) is 0 Å². The van der Waals surface area contributed by atoms with E-state index in [-0.39, 0.29) is 13.1 Å². The fourth-order valence-electron chi connectivity index (χ4n) is 0.747. The number of carbonyl (C=O) groups excluding carboxylic acids is 2. The van der Waals surface area contributed by atoms with Crippen molar-refractivity contribution in [2.75, 3.05) is 6.61 Å². The van der Waals surface area contributed by atoms with Crippen molar-refractivity contribution in [2.45, 2.75) is 0 Å². The van der Waals surface area contributed by atoms with E-state index in [0.717, 1.165) is 0 Å². The molecule has 0 fully saturated rings. The average molecular weight is 180 g/mol. The third-order valence-electron chi connectivity index (χ3n) is 1.28. The highest BCUT2D eigenvalue weighted by Crippen LogP contribution is 2.07. The normalized spacial score (nSPS) is 8.92. The van der Waals surface area contributed by atoms with E-state index in [1.807, 2.05) is 6.07 Å². The van der Waals surface area contributed by atoms with E-state index in [9.17, 15) is 9.59 Å². The molecule has 0 aliphatic carbocycles. The van der Waals surface area contributed by atoms with E-state index >= 15 is 0 Å². The Morgan fingerprint density at radius 3 is 2.62 bits per heavy atom. The van der Waals surface area contributed by atoms with E-state index in [2.05, 4.69) is 4.74 Å². The van der Waals surface area contributed by atoms with Crippen LogP contribution in [0.2, 0.25) is 0 Å². The predicted molar refractivity (Wildman–Crippen MR) is 44.1 cm³/mol. The minimum atomic E-state index is -0.709. The second kappa shape index (κ2) is 4.92. The summed E-state index contributed by atoms with van der Waals surface area (Å²) < 4.78 is 9.01. The first-order chi connectivity index (χ1) is 6.33. The summed E-state index contributed by atoms with van der Waals surface area (Å²) in [5.41, 5.74) is 0. The highest BCUT2D eigenvalue weighted by atomic mass is 16.6. The van der Waals surface area contributed by atoms with Crippen LogP contribution in [-0.4, -0.2) is 19.0 Å². The van der Waals surface area contributed by atoms with Crippen LogP contribution in [0.25, 0.3) is 0 Å². The van der Waals surface area contributed by atoms with Crippen LogP contribution in [0, 0.1) is 0 Å². The predicted octanol–water partition coefficient (Wildman–Crippen LogP) is 0.765. The van der Waals surface area contributed by atoms with Crippen molar-refractivity contribution in [3.8, 4) is 5.75 Å². The lowest BCUT2D eigenvalue weighted by Crippen LogP contribution is -2.13. The minimum absolute atomic E-state index is 0.0800. The van der Waals surface area contributed by atoms with Crippen LogP contribution in [0.1, 0.15) is 0 Å². The number of esters is 1. The molecule has 0 saturated heterocycles. The molecule has 0 aromatic heterocycles. The van der Waals surface area contributed by atoms with Crippen molar-refractivity contribution >= 4 is 12.4 Å². The molecule has 1 rings (SSSR count). The van der Waals surface area contributed by atoms with Gasteiger partial charge in [0.1, 0.15) is 5.75 Å². The van der Waals surface area contributed by atoms with E-state index in [0.29, 0.717) is 5.75 Å². The number of hydrogen-bond donors (Lipinski definition) is 0. The van der Waals surface area contributed by atoms with Gasteiger partial charge >= 0.3 is 12.4 Å². The Hall–Kier alpha value is -1.84. The number of benzene rings is 1. The molecule has 0 unspecified atom stereocenters. The lowest BCUT2D eigenvalue weighted by molar-refractivity contribution is -0.153. The van der Waals surface area contributed by atoms with Crippen molar-refractivity contribution in [1.82, 2.24) is 0 Å². The molecule has 0 amide bonds. The molecule has 0 heterocycles. The van der Waals surface area contributed by atoms with Crippen molar-refractivity contribution in [3.05, 3.63) is 30.3 Å². The molecule has 0 spiro atoms. The topological polar surface area (TPSA) is 52.6 Å². The van der Waals surface area contributed by atoms with E-state index < -0.39 is 5.97 Å². The monoisotopic (exact) mass is 180 g/mol. The lowest BCUT2D eigenvalue weighted by atomic mass is 10.3. The van der Waals surface area contributed by atoms with Crippen molar-refractivity contribution in [3.63, 3.8) is 0 Å². The number of rotatable bonds is 4. The number of ether oxygens (including phenoxy) is 2. The Bertz CT molecular complexity index is 281. The van der Waals surface area contributed by atoms with Gasteiger partial charge in [-0.1, -0.05) is 18.2 Å². The van der Waals surface area contributed by atoms with Gasteiger partial charge in [0.2, 0.25) is 0 Å². The SMILES string of the molecule is O=COC(=O)COc1ccccc1. The number of carbonyl (C=O) groups is 2. The van der Waals surface area contributed by atoms with Crippen molar-refractivity contribution in [1.29, 1.82) is 0 Å². The maximum absolute atomic E-state index is 10.6. The van der Waals surface area contributed by atoms with Gasteiger partial charge in [0, 0.05) is 0 Å². The van der Waals surface area contributed by atoms with Crippen LogP contribution in [-0.2, 0) is 14.3 Å². The van der Waals surface area contributed by atoms with E-state index in [1.165, 1.54) is 0 Å². The maximum Gasteiger partial charge on any atom is 0.351 e. The zero-order valence-electron chi connectivity index (χ0n) is 6.80. The van der Waals surface area contributed by atoms with Crippen molar-refractivity contribution in [2.24, 2.45) is 0 Å². The molecule has 4 nitrogen and oxygen atoms in total. The van der Waals surface area contributed by atoms with Crippen LogP contribution in [0.4, 0.5) is 0 Å². The largest absolute Gasteiger partial charge is 0.482 e. The first kappa shape index (κ1) is 9.25. The molecule has 0 aliphatic rings. The third-order valence-corrected chi connectivity index (χ3v) is 1.28. The van der Waals surface area contributed by atoms with Crippen molar-refractivity contribution < 1.29 is 19.1 Å². The molecule has 0 radical (unpaired) electrons. The fourth-order valence-corrected chi connectivity index (χ4v) is 0.747. The van der Waals surface area contributed by atoms with Gasteiger partial charge in [0.05, 0.1) is 0 Å². The quantitative estimate of drug-likeness (QED) is 0.390. The van der Waals surface area contributed by atoms with E-state index in [4.69, 9.17) is 4.74 Å². The third kappa shape index (κ3) is 3.37. The van der Waals surface area contributed by atoms with Gasteiger partial charge in [0.25, 0.3) is 0 Å². The molecule has 4 heteroatoms. The van der Waals surface area contributed by atoms with Crippen LogP contribution >= 0.6 is 0 Å². The van der Waals surface area contributed by atoms with Gasteiger partial charge < -0.3 is 9.47 Å². The summed E-state index contributed by atoms with van der Waals surface area (Å²) in [5, 5.41) is 0. The lowest BCUT2D eigenvalue weighted by Gasteiger charge is -2.02. The Morgan fingerprint density at radius 1 is 1.31 bits per heavy atom. The average Bonchev–Trinajstić information content (AvgIpc) is 2.17. The van der Waals surface area contributed by atoms with Gasteiger partial charge in [-0.05, 0) is 12.1 Å². The summed E-state index contributed by atoms with van der Waals surface area (Å²) in [6.07, 6.45) is 0. The number of para-hydroxylation sites is 1. The van der Waals surface area contributed by atoms with E-state index in [1.54, 1.807) is 24.3 Å². The van der Waals surface area contributed by atoms with Gasteiger partial charge in [-0.25, -0.2) is 4.79 Å². The second-order valence-corrected chi connectivity index (χ2v) is 2.19. The summed E-state index contributed by atoms with van der Waals surface area (Å²) in [7, 11) is 0. The summed E-state index contributed by atoms with van der Waals surface area (Å²) in [6.45, 7) is -0.181. The van der Waals surface area contributed by atoms with Crippen LogP contribution in [0.5, 0.6) is 5.75 Å². The highest BCUT2D eigenvalue weighted by Gasteiger charge is 2.01.